The van der Waals surface area contributed by atoms with Gasteiger partial charge in [0.25, 0.3) is 0 Å². The molecular weight excluding hydrogens is 327 g/mol. The van der Waals surface area contributed by atoms with E-state index in [1.54, 1.807) is 6.07 Å². The van der Waals surface area contributed by atoms with E-state index in [2.05, 4.69) is 10.2 Å². The molecule has 0 atom stereocenters. The molecule has 0 aliphatic carbocycles. The second-order valence-corrected chi connectivity index (χ2v) is 5.99. The molecule has 0 aliphatic rings. The van der Waals surface area contributed by atoms with Gasteiger partial charge in [-0.3, -0.25) is 0 Å². The first kappa shape index (κ1) is 16.3. The number of hydrogen-bond donors (Lipinski definition) is 1. The van der Waals surface area contributed by atoms with Crippen molar-refractivity contribution in [3.63, 3.8) is 0 Å². The van der Waals surface area contributed by atoms with E-state index in [0.717, 1.165) is 16.9 Å². The minimum absolute atomic E-state index is 0.252. The van der Waals surface area contributed by atoms with Gasteiger partial charge in [-0.15, -0.1) is 10.2 Å². The topological polar surface area (TPSA) is 66.0 Å². The van der Waals surface area contributed by atoms with Crippen molar-refractivity contribution in [3.05, 3.63) is 59.9 Å². The zero-order valence-electron chi connectivity index (χ0n) is 13.1. The van der Waals surface area contributed by atoms with Gasteiger partial charge in [0, 0.05) is 11.3 Å². The Bertz CT molecular complexity index is 820. The molecule has 0 unspecified atom stereocenters. The predicted molar refractivity (Wildman–Crippen MR) is 92.7 cm³/mol. The minimum Gasteiger partial charge on any atom is -0.494 e. The lowest BCUT2D eigenvalue weighted by Gasteiger charge is -2.06. The Labute approximate surface area is 143 Å². The van der Waals surface area contributed by atoms with Crippen molar-refractivity contribution in [3.8, 4) is 17.1 Å². The van der Waals surface area contributed by atoms with Gasteiger partial charge in [-0.1, -0.05) is 23.9 Å². The van der Waals surface area contributed by atoms with Crippen molar-refractivity contribution in [1.82, 2.24) is 14.9 Å². The summed E-state index contributed by atoms with van der Waals surface area (Å²) in [5, 5.41) is 8.83. The Balaban J connectivity index is 1.73. The van der Waals surface area contributed by atoms with Gasteiger partial charge in [-0.05, 0) is 48.9 Å². The molecule has 0 amide bonds. The van der Waals surface area contributed by atoms with Crippen LogP contribution in [-0.2, 0) is 5.75 Å². The van der Waals surface area contributed by atoms with Crippen LogP contribution in [0.3, 0.4) is 0 Å². The molecule has 24 heavy (non-hydrogen) atoms. The Morgan fingerprint density at radius 1 is 1.17 bits per heavy atom. The number of nitrogens with two attached hydrogens (primary N) is 1. The lowest BCUT2D eigenvalue weighted by Crippen LogP contribution is -2.11. The third kappa shape index (κ3) is 3.68. The highest BCUT2D eigenvalue weighted by atomic mass is 32.2. The number of ether oxygens (including phenoxy) is 1. The van der Waals surface area contributed by atoms with Gasteiger partial charge in [0.2, 0.25) is 5.16 Å². The molecule has 124 valence electrons. The van der Waals surface area contributed by atoms with Crippen molar-refractivity contribution in [2.24, 2.45) is 0 Å². The fourth-order valence-corrected chi connectivity index (χ4v) is 3.01. The first-order valence-electron chi connectivity index (χ1n) is 7.48. The molecule has 2 N–H and O–H groups in total. The summed E-state index contributed by atoms with van der Waals surface area (Å²) in [5.41, 5.74) is 1.72. The van der Waals surface area contributed by atoms with E-state index >= 15 is 0 Å². The number of halogens is 1. The van der Waals surface area contributed by atoms with Crippen molar-refractivity contribution in [2.75, 3.05) is 12.4 Å². The van der Waals surface area contributed by atoms with Crippen LogP contribution in [0.1, 0.15) is 12.5 Å². The average molecular weight is 344 g/mol. The lowest BCUT2D eigenvalue weighted by atomic mass is 10.2. The molecule has 7 heteroatoms. The molecule has 1 heterocycles. The summed E-state index contributed by atoms with van der Waals surface area (Å²) in [6, 6.07) is 14.0. The van der Waals surface area contributed by atoms with E-state index in [1.807, 2.05) is 37.3 Å². The van der Waals surface area contributed by atoms with Crippen LogP contribution in [0, 0.1) is 5.82 Å². The van der Waals surface area contributed by atoms with Gasteiger partial charge < -0.3 is 10.6 Å². The van der Waals surface area contributed by atoms with Crippen molar-refractivity contribution >= 4 is 11.8 Å². The second kappa shape index (κ2) is 7.35. The lowest BCUT2D eigenvalue weighted by molar-refractivity contribution is 0.340. The summed E-state index contributed by atoms with van der Waals surface area (Å²) in [7, 11) is 0. The van der Waals surface area contributed by atoms with Crippen LogP contribution in [0.15, 0.2) is 53.7 Å². The van der Waals surface area contributed by atoms with E-state index in [9.17, 15) is 4.39 Å². The van der Waals surface area contributed by atoms with E-state index in [1.165, 1.54) is 28.6 Å². The Hall–Kier alpha value is -2.54. The first-order valence-corrected chi connectivity index (χ1v) is 8.47. The maximum Gasteiger partial charge on any atom is 0.210 e. The van der Waals surface area contributed by atoms with Gasteiger partial charge in [0.1, 0.15) is 11.6 Å². The summed E-state index contributed by atoms with van der Waals surface area (Å²) in [6.07, 6.45) is 0. The second-order valence-electron chi connectivity index (χ2n) is 5.05. The van der Waals surface area contributed by atoms with E-state index < -0.39 is 0 Å². The van der Waals surface area contributed by atoms with Crippen molar-refractivity contribution < 1.29 is 9.13 Å². The van der Waals surface area contributed by atoms with E-state index in [-0.39, 0.29) is 5.82 Å². The number of nitrogen functional groups attached to an aromatic ring is 1. The molecule has 0 saturated carbocycles. The van der Waals surface area contributed by atoms with Crippen LogP contribution in [0.5, 0.6) is 5.75 Å². The maximum absolute atomic E-state index is 13.2. The normalized spacial score (nSPS) is 10.8. The maximum atomic E-state index is 13.2. The number of aromatic nitrogens is 3. The largest absolute Gasteiger partial charge is 0.494 e. The quantitative estimate of drug-likeness (QED) is 0.548. The van der Waals surface area contributed by atoms with Gasteiger partial charge in [-0.25, -0.2) is 9.07 Å². The van der Waals surface area contributed by atoms with Crippen LogP contribution in [0.2, 0.25) is 0 Å². The van der Waals surface area contributed by atoms with E-state index in [4.69, 9.17) is 10.6 Å². The number of hydrogen-bond acceptors (Lipinski definition) is 5. The zero-order valence-corrected chi connectivity index (χ0v) is 14.0. The standard InChI is InChI=1S/C17H17FN4OS/c1-2-23-15-8-6-13(7-9-15)16-20-21-17(22(16)19)24-11-12-4-3-5-14(18)10-12/h3-10H,2,11,19H2,1H3. The molecule has 3 aromatic rings. The first-order chi connectivity index (χ1) is 11.7. The summed E-state index contributed by atoms with van der Waals surface area (Å²) in [4.78, 5) is 0. The molecule has 0 aliphatic heterocycles. The van der Waals surface area contributed by atoms with Crippen molar-refractivity contribution in [1.29, 1.82) is 0 Å². The minimum atomic E-state index is -0.252. The molecule has 0 bridgehead atoms. The van der Waals surface area contributed by atoms with Crippen molar-refractivity contribution in [2.45, 2.75) is 17.8 Å². The highest BCUT2D eigenvalue weighted by Gasteiger charge is 2.12. The summed E-state index contributed by atoms with van der Waals surface area (Å²) in [5.74, 6) is 7.77. The van der Waals surface area contributed by atoms with Gasteiger partial charge in [0.15, 0.2) is 5.82 Å². The number of nitrogens with zero attached hydrogens (tertiary/aromatic N) is 3. The summed E-state index contributed by atoms with van der Waals surface area (Å²) in [6.45, 7) is 2.56. The molecule has 3 rings (SSSR count). The molecule has 0 spiro atoms. The Kier molecular flexibility index (Phi) is 5.00. The molecule has 0 saturated heterocycles. The number of rotatable bonds is 6. The molecule has 0 fully saturated rings. The number of thioether (sulfide) groups is 1. The van der Waals surface area contributed by atoms with Gasteiger partial charge >= 0.3 is 0 Å². The number of benzene rings is 2. The highest BCUT2D eigenvalue weighted by Crippen LogP contribution is 2.25. The molecule has 2 aromatic carbocycles. The van der Waals surface area contributed by atoms with Gasteiger partial charge in [-0.2, -0.15) is 0 Å². The molecule has 0 radical (unpaired) electrons. The average Bonchev–Trinajstić information content (AvgIpc) is 2.95. The molecule has 1 aromatic heterocycles. The molecular formula is C17H17FN4OS. The Morgan fingerprint density at radius 3 is 2.67 bits per heavy atom. The van der Waals surface area contributed by atoms with Crippen LogP contribution < -0.4 is 10.6 Å². The highest BCUT2D eigenvalue weighted by molar-refractivity contribution is 7.98. The monoisotopic (exact) mass is 344 g/mol. The fourth-order valence-electron chi connectivity index (χ4n) is 2.21. The van der Waals surface area contributed by atoms with Crippen LogP contribution >= 0.6 is 11.8 Å². The van der Waals surface area contributed by atoms with Crippen LogP contribution in [0.4, 0.5) is 4.39 Å². The third-order valence-electron chi connectivity index (χ3n) is 3.35. The van der Waals surface area contributed by atoms with Gasteiger partial charge in [0.05, 0.1) is 6.61 Å². The van der Waals surface area contributed by atoms with Crippen LogP contribution in [0.25, 0.3) is 11.4 Å². The fraction of sp³-hybridized carbons (Fsp3) is 0.176. The molecule has 5 nitrogen and oxygen atoms in total. The predicted octanol–water partition coefficient (Wildman–Crippen LogP) is 3.49. The SMILES string of the molecule is CCOc1ccc(-c2nnc(SCc3cccc(F)c3)n2N)cc1. The third-order valence-corrected chi connectivity index (χ3v) is 4.36. The van der Waals surface area contributed by atoms with E-state index in [0.29, 0.717) is 23.3 Å². The summed E-state index contributed by atoms with van der Waals surface area (Å²) >= 11 is 1.41. The smallest absolute Gasteiger partial charge is 0.210 e. The summed E-state index contributed by atoms with van der Waals surface area (Å²) < 4.78 is 20.1. The van der Waals surface area contributed by atoms with Crippen LogP contribution in [-0.4, -0.2) is 21.5 Å². The zero-order chi connectivity index (χ0) is 16.9. The Morgan fingerprint density at radius 2 is 1.96 bits per heavy atom.